The zero-order valence-electron chi connectivity index (χ0n) is 14.0. The molecular formula is C24H16O2. The van der Waals surface area contributed by atoms with Gasteiger partial charge in [0.15, 0.2) is 11.5 Å². The summed E-state index contributed by atoms with van der Waals surface area (Å²) in [5.74, 6) is -0.125. The van der Waals surface area contributed by atoms with Gasteiger partial charge in [0.1, 0.15) is 0 Å². The second kappa shape index (κ2) is 5.50. The first-order valence-corrected chi connectivity index (χ1v) is 8.59. The topological polar surface area (TPSA) is 40.5 Å². The Labute approximate surface area is 150 Å². The van der Waals surface area contributed by atoms with Crippen molar-refractivity contribution in [1.29, 1.82) is 0 Å². The predicted octanol–water partition coefficient (Wildman–Crippen LogP) is 6.22. The molecule has 0 saturated heterocycles. The molecule has 0 spiro atoms. The Balaban J connectivity index is 2.08. The van der Waals surface area contributed by atoms with Crippen molar-refractivity contribution in [3.63, 3.8) is 0 Å². The van der Waals surface area contributed by atoms with Crippen LogP contribution in [0.4, 0.5) is 0 Å². The standard InChI is InChI=1S/C24H16O2/c25-23-19-13-7-5-11-17(19)21-14-20(15-8-2-1-3-9-15)16-10-4-6-12-18(16)22(21)24(23)26/h1-14,25-26H. The van der Waals surface area contributed by atoms with Crippen LogP contribution in [0, 0.1) is 0 Å². The van der Waals surface area contributed by atoms with Crippen molar-refractivity contribution in [2.75, 3.05) is 0 Å². The summed E-state index contributed by atoms with van der Waals surface area (Å²) < 4.78 is 0. The van der Waals surface area contributed by atoms with Crippen molar-refractivity contribution in [2.24, 2.45) is 0 Å². The maximum atomic E-state index is 10.8. The van der Waals surface area contributed by atoms with Crippen LogP contribution in [0.25, 0.3) is 43.4 Å². The first-order chi connectivity index (χ1) is 12.8. The molecule has 0 fully saturated rings. The van der Waals surface area contributed by atoms with Crippen molar-refractivity contribution in [3.05, 3.63) is 84.9 Å². The van der Waals surface area contributed by atoms with E-state index in [0.717, 1.165) is 32.7 Å². The van der Waals surface area contributed by atoms with Crippen molar-refractivity contribution >= 4 is 32.3 Å². The van der Waals surface area contributed by atoms with E-state index in [9.17, 15) is 10.2 Å². The van der Waals surface area contributed by atoms with E-state index in [4.69, 9.17) is 0 Å². The minimum atomic E-state index is -0.0642. The molecule has 5 aromatic carbocycles. The van der Waals surface area contributed by atoms with Crippen LogP contribution in [-0.4, -0.2) is 10.2 Å². The summed E-state index contributed by atoms with van der Waals surface area (Å²) in [5, 5.41) is 26.5. The molecule has 0 radical (unpaired) electrons. The number of hydrogen-bond acceptors (Lipinski definition) is 2. The molecule has 5 rings (SSSR count). The van der Waals surface area contributed by atoms with Crippen molar-refractivity contribution in [1.82, 2.24) is 0 Å². The molecule has 0 aliphatic rings. The van der Waals surface area contributed by atoms with Crippen LogP contribution in [0.5, 0.6) is 11.5 Å². The molecule has 0 aromatic heterocycles. The molecule has 2 nitrogen and oxygen atoms in total. The van der Waals surface area contributed by atoms with Gasteiger partial charge in [0, 0.05) is 10.8 Å². The number of benzene rings is 5. The number of phenolic OH excluding ortho intramolecular Hbond substituents is 2. The lowest BCUT2D eigenvalue weighted by molar-refractivity contribution is 0.413. The highest BCUT2D eigenvalue weighted by Crippen LogP contribution is 2.47. The Morgan fingerprint density at radius 1 is 0.462 bits per heavy atom. The summed E-state index contributed by atoms with van der Waals surface area (Å²) in [5.41, 5.74) is 2.24. The van der Waals surface area contributed by atoms with E-state index in [1.54, 1.807) is 0 Å². The fourth-order valence-electron chi connectivity index (χ4n) is 3.87. The van der Waals surface area contributed by atoms with E-state index in [1.165, 1.54) is 0 Å². The second-order valence-electron chi connectivity index (χ2n) is 6.50. The van der Waals surface area contributed by atoms with E-state index in [2.05, 4.69) is 24.3 Å². The van der Waals surface area contributed by atoms with E-state index >= 15 is 0 Å². The van der Waals surface area contributed by atoms with E-state index in [-0.39, 0.29) is 11.5 Å². The first-order valence-electron chi connectivity index (χ1n) is 8.59. The van der Waals surface area contributed by atoms with E-state index in [0.29, 0.717) is 10.8 Å². The van der Waals surface area contributed by atoms with Crippen molar-refractivity contribution < 1.29 is 10.2 Å². The molecule has 0 heterocycles. The van der Waals surface area contributed by atoms with Crippen LogP contribution in [0.3, 0.4) is 0 Å². The summed E-state index contributed by atoms with van der Waals surface area (Å²) >= 11 is 0. The lowest BCUT2D eigenvalue weighted by Crippen LogP contribution is -1.87. The fraction of sp³-hybridized carbons (Fsp3) is 0. The maximum Gasteiger partial charge on any atom is 0.166 e. The third kappa shape index (κ3) is 1.99. The van der Waals surface area contributed by atoms with Crippen LogP contribution in [0.2, 0.25) is 0 Å². The van der Waals surface area contributed by atoms with E-state index < -0.39 is 0 Å². The van der Waals surface area contributed by atoms with Gasteiger partial charge in [-0.2, -0.15) is 0 Å². The third-order valence-corrected chi connectivity index (χ3v) is 5.06. The molecule has 0 aliphatic heterocycles. The Kier molecular flexibility index (Phi) is 3.13. The van der Waals surface area contributed by atoms with Gasteiger partial charge in [0.05, 0.1) is 0 Å². The van der Waals surface area contributed by atoms with Crippen LogP contribution < -0.4 is 0 Å². The molecule has 0 amide bonds. The molecule has 0 atom stereocenters. The normalized spacial score (nSPS) is 11.4. The molecule has 5 aromatic rings. The predicted molar refractivity (Wildman–Crippen MR) is 108 cm³/mol. The highest BCUT2D eigenvalue weighted by atomic mass is 16.3. The minimum absolute atomic E-state index is 0.0606. The minimum Gasteiger partial charge on any atom is -0.504 e. The summed E-state index contributed by atoms with van der Waals surface area (Å²) in [4.78, 5) is 0. The number of phenols is 2. The Morgan fingerprint density at radius 3 is 1.77 bits per heavy atom. The van der Waals surface area contributed by atoms with Gasteiger partial charge in [0.25, 0.3) is 0 Å². The summed E-state index contributed by atoms with van der Waals surface area (Å²) in [7, 11) is 0. The van der Waals surface area contributed by atoms with Crippen LogP contribution in [0.15, 0.2) is 84.9 Å². The molecule has 2 heteroatoms. The molecule has 26 heavy (non-hydrogen) atoms. The second-order valence-corrected chi connectivity index (χ2v) is 6.50. The molecule has 0 bridgehead atoms. The third-order valence-electron chi connectivity index (χ3n) is 5.06. The van der Waals surface area contributed by atoms with Gasteiger partial charge in [-0.1, -0.05) is 78.9 Å². The fourth-order valence-corrected chi connectivity index (χ4v) is 3.87. The summed E-state index contributed by atoms with van der Waals surface area (Å²) in [6.45, 7) is 0. The lowest BCUT2D eigenvalue weighted by Gasteiger charge is -2.15. The van der Waals surface area contributed by atoms with Gasteiger partial charge in [-0.05, 0) is 38.7 Å². The van der Waals surface area contributed by atoms with Gasteiger partial charge >= 0.3 is 0 Å². The van der Waals surface area contributed by atoms with Crippen LogP contribution in [0.1, 0.15) is 0 Å². The number of hydrogen-bond donors (Lipinski definition) is 2. The molecular weight excluding hydrogens is 320 g/mol. The van der Waals surface area contributed by atoms with Gasteiger partial charge in [-0.25, -0.2) is 0 Å². The lowest BCUT2D eigenvalue weighted by atomic mass is 9.90. The Hall–Kier alpha value is -3.52. The monoisotopic (exact) mass is 336 g/mol. The molecule has 0 aliphatic carbocycles. The molecule has 124 valence electrons. The quantitative estimate of drug-likeness (QED) is 0.281. The van der Waals surface area contributed by atoms with Gasteiger partial charge in [-0.3, -0.25) is 0 Å². The highest BCUT2D eigenvalue weighted by Gasteiger charge is 2.17. The number of rotatable bonds is 1. The first kappa shape index (κ1) is 14.8. The van der Waals surface area contributed by atoms with Gasteiger partial charge in [-0.15, -0.1) is 0 Å². The maximum absolute atomic E-state index is 10.8. The molecule has 2 N–H and O–H groups in total. The Morgan fingerprint density at radius 2 is 1.04 bits per heavy atom. The van der Waals surface area contributed by atoms with Gasteiger partial charge in [0.2, 0.25) is 0 Å². The molecule has 0 unspecified atom stereocenters. The van der Waals surface area contributed by atoms with Crippen molar-refractivity contribution in [2.45, 2.75) is 0 Å². The van der Waals surface area contributed by atoms with E-state index in [1.807, 2.05) is 60.7 Å². The van der Waals surface area contributed by atoms with Gasteiger partial charge < -0.3 is 10.2 Å². The average molecular weight is 336 g/mol. The number of fused-ring (bicyclic) bond motifs is 5. The van der Waals surface area contributed by atoms with Crippen molar-refractivity contribution in [3.8, 4) is 22.6 Å². The van der Waals surface area contributed by atoms with Crippen LogP contribution in [-0.2, 0) is 0 Å². The average Bonchev–Trinajstić information content (AvgIpc) is 2.71. The summed E-state index contributed by atoms with van der Waals surface area (Å²) in [6, 6.07) is 28.0. The zero-order chi connectivity index (χ0) is 17.7. The molecule has 0 saturated carbocycles. The summed E-state index contributed by atoms with van der Waals surface area (Å²) in [6.07, 6.45) is 0. The zero-order valence-corrected chi connectivity index (χ0v) is 14.0. The smallest absolute Gasteiger partial charge is 0.166 e. The highest BCUT2D eigenvalue weighted by molar-refractivity contribution is 6.24. The largest absolute Gasteiger partial charge is 0.504 e. The number of aromatic hydroxyl groups is 2. The Bertz CT molecular complexity index is 1290. The SMILES string of the molecule is Oc1c(O)c2c3ccccc3c(-c3ccccc3)cc2c2ccccc12. The van der Waals surface area contributed by atoms with Crippen LogP contribution >= 0.6 is 0 Å².